The molecule has 4 heteroatoms. The van der Waals surface area contributed by atoms with E-state index in [0.29, 0.717) is 0 Å². The van der Waals surface area contributed by atoms with E-state index in [4.69, 9.17) is 11.6 Å². The molecule has 0 N–H and O–H groups in total. The molecule has 0 aromatic carbocycles. The molecule has 0 saturated carbocycles. The van der Waals surface area contributed by atoms with Crippen molar-refractivity contribution in [2.24, 2.45) is 5.41 Å². The Morgan fingerprint density at radius 3 is 2.58 bits per heavy atom. The third-order valence-corrected chi connectivity index (χ3v) is 3.86. The Hall–Kier alpha value is -1.09. The van der Waals surface area contributed by atoms with Crippen molar-refractivity contribution in [3.63, 3.8) is 0 Å². The molecule has 0 spiro atoms. The Bertz CT molecular complexity index is 584. The first kappa shape index (κ1) is 14.3. The highest BCUT2D eigenvalue weighted by Gasteiger charge is 2.22. The lowest BCUT2D eigenvalue weighted by molar-refractivity contribution is 0.293. The molecule has 104 valence electrons. The maximum Gasteiger partial charge on any atom is 0.160 e. The minimum absolute atomic E-state index is 0.109. The number of hydrogen-bond donors (Lipinski definition) is 0. The number of alkyl halides is 1. The van der Waals surface area contributed by atoms with Crippen LogP contribution in [0.1, 0.15) is 51.0 Å². The largest absolute Gasteiger partial charge is 0.311 e. The fraction of sp³-hybridized carbons (Fsp3) is 0.600. The first-order valence-corrected chi connectivity index (χ1v) is 7.25. The number of pyridine rings is 1. The summed E-state index contributed by atoms with van der Waals surface area (Å²) < 4.78 is 2.18. The van der Waals surface area contributed by atoms with E-state index in [1.807, 2.05) is 26.0 Å². The molecule has 2 aromatic rings. The second-order valence-electron chi connectivity index (χ2n) is 5.99. The number of hydrogen-bond acceptors (Lipinski definition) is 2. The zero-order valence-electron chi connectivity index (χ0n) is 12.4. The standard InChI is InChI=1S/C15H22ClN3/c1-6-15(4,5)9-19-13(11(3)16)18-12-8-7-10(2)17-14(12)19/h7-8,11H,6,9H2,1-5H3. The number of aryl methyl sites for hydroxylation is 1. The van der Waals surface area contributed by atoms with E-state index >= 15 is 0 Å². The molecule has 3 nitrogen and oxygen atoms in total. The van der Waals surface area contributed by atoms with Gasteiger partial charge in [0.15, 0.2) is 5.65 Å². The van der Waals surface area contributed by atoms with E-state index in [1.165, 1.54) is 0 Å². The van der Waals surface area contributed by atoms with Crippen LogP contribution in [0.5, 0.6) is 0 Å². The molecule has 2 heterocycles. The number of aromatic nitrogens is 3. The number of halogens is 1. The average molecular weight is 280 g/mol. The van der Waals surface area contributed by atoms with Gasteiger partial charge in [-0.25, -0.2) is 9.97 Å². The quantitative estimate of drug-likeness (QED) is 0.773. The Morgan fingerprint density at radius 1 is 1.32 bits per heavy atom. The summed E-state index contributed by atoms with van der Waals surface area (Å²) in [7, 11) is 0. The van der Waals surface area contributed by atoms with Gasteiger partial charge in [-0.1, -0.05) is 20.8 Å². The van der Waals surface area contributed by atoms with Crippen molar-refractivity contribution in [1.82, 2.24) is 14.5 Å². The van der Waals surface area contributed by atoms with Crippen molar-refractivity contribution >= 4 is 22.8 Å². The molecule has 1 atom stereocenters. The molecule has 2 aromatic heterocycles. The van der Waals surface area contributed by atoms with Gasteiger partial charge in [0.25, 0.3) is 0 Å². The monoisotopic (exact) mass is 279 g/mol. The molecule has 0 radical (unpaired) electrons. The highest BCUT2D eigenvalue weighted by molar-refractivity contribution is 6.20. The van der Waals surface area contributed by atoms with E-state index in [1.54, 1.807) is 0 Å². The Kier molecular flexibility index (Phi) is 3.86. The molecule has 1 unspecified atom stereocenters. The van der Waals surface area contributed by atoms with Crippen molar-refractivity contribution in [3.8, 4) is 0 Å². The third-order valence-electron chi connectivity index (χ3n) is 3.66. The Labute approximate surface area is 120 Å². The minimum atomic E-state index is -0.109. The van der Waals surface area contributed by atoms with E-state index in [-0.39, 0.29) is 10.8 Å². The van der Waals surface area contributed by atoms with Crippen molar-refractivity contribution in [1.29, 1.82) is 0 Å². The van der Waals surface area contributed by atoms with Crippen LogP contribution in [-0.2, 0) is 6.54 Å². The third kappa shape index (κ3) is 2.92. The summed E-state index contributed by atoms with van der Waals surface area (Å²) >= 11 is 6.28. The van der Waals surface area contributed by atoms with Crippen LogP contribution in [0.2, 0.25) is 0 Å². The predicted octanol–water partition coefficient (Wildman–Crippen LogP) is 4.48. The second-order valence-corrected chi connectivity index (χ2v) is 6.64. The van der Waals surface area contributed by atoms with Crippen LogP contribution in [0.25, 0.3) is 11.2 Å². The van der Waals surface area contributed by atoms with Gasteiger partial charge in [0, 0.05) is 12.2 Å². The van der Waals surface area contributed by atoms with E-state index in [2.05, 4.69) is 35.3 Å². The predicted molar refractivity (Wildman–Crippen MR) is 80.6 cm³/mol. The van der Waals surface area contributed by atoms with E-state index in [9.17, 15) is 0 Å². The molecule has 0 fully saturated rings. The van der Waals surface area contributed by atoms with Crippen molar-refractivity contribution in [3.05, 3.63) is 23.7 Å². The van der Waals surface area contributed by atoms with Gasteiger partial charge >= 0.3 is 0 Å². The van der Waals surface area contributed by atoms with Gasteiger partial charge in [0.05, 0.1) is 5.38 Å². The fourth-order valence-electron chi connectivity index (χ4n) is 2.11. The second kappa shape index (κ2) is 5.12. The summed E-state index contributed by atoms with van der Waals surface area (Å²) in [6, 6.07) is 4.02. The van der Waals surface area contributed by atoms with Crippen molar-refractivity contribution in [2.75, 3.05) is 0 Å². The van der Waals surface area contributed by atoms with Crippen molar-refractivity contribution in [2.45, 2.75) is 53.0 Å². The van der Waals surface area contributed by atoms with Crippen LogP contribution in [0.3, 0.4) is 0 Å². The van der Waals surface area contributed by atoms with Gasteiger partial charge in [-0.05, 0) is 37.8 Å². The minimum Gasteiger partial charge on any atom is -0.311 e. The van der Waals surface area contributed by atoms with Gasteiger partial charge in [-0.3, -0.25) is 0 Å². The van der Waals surface area contributed by atoms with Crippen LogP contribution < -0.4 is 0 Å². The molecule has 0 aliphatic heterocycles. The van der Waals surface area contributed by atoms with Crippen LogP contribution in [0, 0.1) is 12.3 Å². The number of imidazole rings is 1. The number of fused-ring (bicyclic) bond motifs is 1. The van der Waals surface area contributed by atoms with Crippen LogP contribution in [0.15, 0.2) is 12.1 Å². The average Bonchev–Trinajstić information content (AvgIpc) is 2.67. The zero-order valence-corrected chi connectivity index (χ0v) is 13.1. The van der Waals surface area contributed by atoms with E-state index < -0.39 is 0 Å². The number of nitrogens with zero attached hydrogens (tertiary/aromatic N) is 3. The summed E-state index contributed by atoms with van der Waals surface area (Å²) in [5, 5.41) is -0.109. The summed E-state index contributed by atoms with van der Waals surface area (Å²) in [4.78, 5) is 9.28. The Morgan fingerprint density at radius 2 is 2.00 bits per heavy atom. The van der Waals surface area contributed by atoms with E-state index in [0.717, 1.165) is 35.6 Å². The zero-order chi connectivity index (χ0) is 14.2. The van der Waals surface area contributed by atoms with Crippen LogP contribution in [0.4, 0.5) is 0 Å². The van der Waals surface area contributed by atoms with Crippen LogP contribution in [-0.4, -0.2) is 14.5 Å². The molecule has 0 aliphatic rings. The molecule has 19 heavy (non-hydrogen) atoms. The lowest BCUT2D eigenvalue weighted by Crippen LogP contribution is -2.20. The number of rotatable bonds is 4. The molecule has 0 saturated heterocycles. The summed E-state index contributed by atoms with van der Waals surface area (Å²) in [5.74, 6) is 0.913. The Balaban J connectivity index is 2.60. The molecular formula is C15H22ClN3. The summed E-state index contributed by atoms with van der Waals surface area (Å²) in [6.45, 7) is 11.6. The molecule has 0 aliphatic carbocycles. The maximum atomic E-state index is 6.28. The highest BCUT2D eigenvalue weighted by Crippen LogP contribution is 2.29. The summed E-state index contributed by atoms with van der Waals surface area (Å²) in [6.07, 6.45) is 1.11. The van der Waals surface area contributed by atoms with Crippen LogP contribution >= 0.6 is 11.6 Å². The van der Waals surface area contributed by atoms with Gasteiger partial charge in [-0.2, -0.15) is 0 Å². The van der Waals surface area contributed by atoms with Gasteiger partial charge in [0.2, 0.25) is 0 Å². The molecule has 0 bridgehead atoms. The molecule has 2 rings (SSSR count). The first-order valence-electron chi connectivity index (χ1n) is 6.82. The normalized spacial score (nSPS) is 14.0. The SMILES string of the molecule is CCC(C)(C)Cn1c(C(C)Cl)nc2ccc(C)nc21. The van der Waals surface area contributed by atoms with Crippen molar-refractivity contribution < 1.29 is 0 Å². The van der Waals surface area contributed by atoms with Gasteiger partial charge in [-0.15, -0.1) is 11.6 Å². The lowest BCUT2D eigenvalue weighted by Gasteiger charge is -2.24. The topological polar surface area (TPSA) is 30.7 Å². The summed E-state index contributed by atoms with van der Waals surface area (Å²) in [5.41, 5.74) is 3.10. The smallest absolute Gasteiger partial charge is 0.160 e. The van der Waals surface area contributed by atoms with Gasteiger partial charge in [0.1, 0.15) is 11.3 Å². The fourth-order valence-corrected chi connectivity index (χ4v) is 2.28. The first-order chi connectivity index (χ1) is 8.84. The molecular weight excluding hydrogens is 258 g/mol. The molecule has 0 amide bonds. The highest BCUT2D eigenvalue weighted by atomic mass is 35.5. The lowest BCUT2D eigenvalue weighted by atomic mass is 9.90. The maximum absolute atomic E-state index is 6.28. The van der Waals surface area contributed by atoms with Gasteiger partial charge < -0.3 is 4.57 Å².